The molecule has 2 amide bonds. The molecule has 2 aliphatic rings. The molecule has 2 aliphatic heterocycles. The first-order valence-electron chi connectivity index (χ1n) is 8.82. The Balaban J connectivity index is 1.33. The molecule has 3 heterocycles. The number of benzene rings is 1. The van der Waals surface area contributed by atoms with Crippen molar-refractivity contribution in [2.75, 3.05) is 26.2 Å². The van der Waals surface area contributed by atoms with E-state index in [1.165, 1.54) is 6.26 Å². The van der Waals surface area contributed by atoms with Crippen LogP contribution in [0.4, 0.5) is 0 Å². The van der Waals surface area contributed by atoms with Gasteiger partial charge in [0.25, 0.3) is 11.8 Å². The number of halogens is 2. The molecule has 0 bridgehead atoms. The fraction of sp³-hybridized carbons (Fsp3) is 0.316. The highest BCUT2D eigenvalue weighted by molar-refractivity contribution is 6.42. The second-order valence-electron chi connectivity index (χ2n) is 6.56. The Morgan fingerprint density at radius 3 is 2.46 bits per heavy atom. The monoisotopic (exact) mass is 421 g/mol. The second kappa shape index (κ2) is 7.85. The number of carbonyl (C=O) groups excluding carboxylic acids is 2. The zero-order valence-corrected chi connectivity index (χ0v) is 16.3. The van der Waals surface area contributed by atoms with E-state index in [9.17, 15) is 9.59 Å². The van der Waals surface area contributed by atoms with Crippen molar-refractivity contribution in [3.05, 3.63) is 58.0 Å². The lowest BCUT2D eigenvalue weighted by atomic mass is 10.0. The highest BCUT2D eigenvalue weighted by atomic mass is 35.5. The van der Waals surface area contributed by atoms with Gasteiger partial charge < -0.3 is 19.1 Å². The van der Waals surface area contributed by atoms with Crippen molar-refractivity contribution in [1.29, 1.82) is 0 Å². The van der Waals surface area contributed by atoms with Crippen LogP contribution in [0.3, 0.4) is 0 Å². The van der Waals surface area contributed by atoms with E-state index in [0.717, 1.165) is 5.56 Å². The molecule has 0 spiro atoms. The van der Waals surface area contributed by atoms with E-state index >= 15 is 0 Å². The predicted octanol–water partition coefficient (Wildman–Crippen LogP) is 3.06. The van der Waals surface area contributed by atoms with Crippen molar-refractivity contribution in [2.45, 2.75) is 12.5 Å². The number of oxime groups is 1. The number of nitrogens with zero attached hydrogens (tertiary/aromatic N) is 3. The van der Waals surface area contributed by atoms with E-state index in [-0.39, 0.29) is 11.8 Å². The number of amides is 2. The maximum absolute atomic E-state index is 12.8. The summed E-state index contributed by atoms with van der Waals surface area (Å²) >= 11 is 12.0. The van der Waals surface area contributed by atoms with Crippen LogP contribution in [0.2, 0.25) is 10.0 Å². The van der Waals surface area contributed by atoms with Crippen LogP contribution in [0.15, 0.2) is 46.2 Å². The van der Waals surface area contributed by atoms with Crippen LogP contribution in [-0.2, 0) is 9.63 Å². The van der Waals surface area contributed by atoms with Crippen LogP contribution in [0, 0.1) is 0 Å². The number of hydrogen-bond donors (Lipinski definition) is 0. The molecule has 4 rings (SSSR count). The lowest BCUT2D eigenvalue weighted by Gasteiger charge is -2.35. The minimum absolute atomic E-state index is 0.135. The molecule has 0 unspecified atom stereocenters. The molecule has 2 aromatic rings. The highest BCUT2D eigenvalue weighted by Gasteiger charge is 2.35. The zero-order valence-electron chi connectivity index (χ0n) is 14.8. The summed E-state index contributed by atoms with van der Waals surface area (Å²) in [4.78, 5) is 33.8. The average molecular weight is 422 g/mol. The molecule has 1 atom stereocenters. The first-order chi connectivity index (χ1) is 13.5. The molecule has 28 heavy (non-hydrogen) atoms. The fourth-order valence-corrected chi connectivity index (χ4v) is 3.54. The van der Waals surface area contributed by atoms with Gasteiger partial charge in [-0.3, -0.25) is 9.59 Å². The average Bonchev–Trinajstić information content (AvgIpc) is 3.41. The molecule has 1 aromatic heterocycles. The molecule has 7 nitrogen and oxygen atoms in total. The minimum atomic E-state index is -0.670. The first-order valence-corrected chi connectivity index (χ1v) is 9.58. The standard InChI is InChI=1S/C19H17Cl2N3O4/c20-13-4-3-12(10-14(13)21)15-11-17(28-22-15)19(26)24-7-5-23(6-8-24)18(25)16-2-1-9-27-16/h1-4,9-10,17H,5-8,11H2/t17-/m0/s1. The fourth-order valence-electron chi connectivity index (χ4n) is 3.25. The van der Waals surface area contributed by atoms with Crippen molar-refractivity contribution in [2.24, 2.45) is 5.16 Å². The summed E-state index contributed by atoms with van der Waals surface area (Å²) in [7, 11) is 0. The largest absolute Gasteiger partial charge is 0.459 e. The van der Waals surface area contributed by atoms with Gasteiger partial charge in [-0.1, -0.05) is 34.4 Å². The van der Waals surface area contributed by atoms with Gasteiger partial charge in [-0.25, -0.2) is 0 Å². The third-order valence-electron chi connectivity index (χ3n) is 4.81. The Morgan fingerprint density at radius 2 is 1.79 bits per heavy atom. The van der Waals surface area contributed by atoms with Crippen molar-refractivity contribution >= 4 is 40.7 Å². The number of hydrogen-bond acceptors (Lipinski definition) is 5. The van der Waals surface area contributed by atoms with Gasteiger partial charge in [0.2, 0.25) is 6.10 Å². The lowest BCUT2D eigenvalue weighted by Crippen LogP contribution is -2.52. The summed E-state index contributed by atoms with van der Waals surface area (Å²) in [5.74, 6) is 0.00179. The Morgan fingerprint density at radius 1 is 1.04 bits per heavy atom. The molecule has 1 aromatic carbocycles. The van der Waals surface area contributed by atoms with Gasteiger partial charge in [-0.15, -0.1) is 0 Å². The van der Waals surface area contributed by atoms with E-state index in [1.807, 2.05) is 0 Å². The Labute approximate surface area is 171 Å². The van der Waals surface area contributed by atoms with Crippen LogP contribution >= 0.6 is 23.2 Å². The van der Waals surface area contributed by atoms with Crippen LogP contribution < -0.4 is 0 Å². The SMILES string of the molecule is O=C(c1ccco1)N1CCN(C(=O)[C@@H]2CC(c3ccc(Cl)c(Cl)c3)=NO2)CC1. The van der Waals surface area contributed by atoms with Gasteiger partial charge in [-0.2, -0.15) is 0 Å². The minimum Gasteiger partial charge on any atom is -0.459 e. The smallest absolute Gasteiger partial charge is 0.289 e. The molecule has 146 valence electrons. The quantitative estimate of drug-likeness (QED) is 0.762. The van der Waals surface area contributed by atoms with Gasteiger partial charge in [0, 0.05) is 38.2 Å². The molecule has 0 saturated carbocycles. The van der Waals surface area contributed by atoms with E-state index in [1.54, 1.807) is 40.1 Å². The molecule has 0 aliphatic carbocycles. The summed E-state index contributed by atoms with van der Waals surface area (Å²) in [6.07, 6.45) is 1.16. The lowest BCUT2D eigenvalue weighted by molar-refractivity contribution is -0.143. The maximum atomic E-state index is 12.8. The summed E-state index contributed by atoms with van der Waals surface area (Å²) in [6, 6.07) is 8.50. The molecule has 9 heteroatoms. The Kier molecular flexibility index (Phi) is 5.28. The molecule has 0 N–H and O–H groups in total. The van der Waals surface area contributed by atoms with Gasteiger partial charge in [0.1, 0.15) is 0 Å². The van der Waals surface area contributed by atoms with E-state index in [2.05, 4.69) is 5.16 Å². The number of piperazine rings is 1. The predicted molar refractivity (Wildman–Crippen MR) is 104 cm³/mol. The van der Waals surface area contributed by atoms with Gasteiger partial charge >= 0.3 is 0 Å². The molecular formula is C19H17Cl2N3O4. The molecular weight excluding hydrogens is 405 g/mol. The molecule has 0 radical (unpaired) electrons. The summed E-state index contributed by atoms with van der Waals surface area (Å²) < 4.78 is 5.15. The van der Waals surface area contributed by atoms with Crippen LogP contribution in [0.1, 0.15) is 22.5 Å². The number of rotatable bonds is 3. The third kappa shape index (κ3) is 3.72. The molecule has 1 fully saturated rings. The van der Waals surface area contributed by atoms with E-state index in [4.69, 9.17) is 32.5 Å². The summed E-state index contributed by atoms with van der Waals surface area (Å²) in [5, 5.41) is 4.92. The first kappa shape index (κ1) is 18.8. The Bertz CT molecular complexity index is 921. The van der Waals surface area contributed by atoms with Crippen molar-refractivity contribution in [3.63, 3.8) is 0 Å². The van der Waals surface area contributed by atoms with E-state index < -0.39 is 6.10 Å². The van der Waals surface area contributed by atoms with Crippen molar-refractivity contribution in [3.8, 4) is 0 Å². The maximum Gasteiger partial charge on any atom is 0.289 e. The molecule has 1 saturated heterocycles. The topological polar surface area (TPSA) is 75.4 Å². The normalized spacial score (nSPS) is 19.4. The van der Waals surface area contributed by atoms with Gasteiger partial charge in [0.05, 0.1) is 22.0 Å². The van der Waals surface area contributed by atoms with Gasteiger partial charge in [0.15, 0.2) is 5.76 Å². The van der Waals surface area contributed by atoms with Crippen LogP contribution in [0.5, 0.6) is 0 Å². The van der Waals surface area contributed by atoms with Crippen molar-refractivity contribution in [1.82, 2.24) is 9.80 Å². The summed E-state index contributed by atoms with van der Waals surface area (Å²) in [6.45, 7) is 1.76. The summed E-state index contributed by atoms with van der Waals surface area (Å²) in [5.41, 5.74) is 1.43. The number of furan rings is 1. The second-order valence-corrected chi connectivity index (χ2v) is 7.37. The van der Waals surface area contributed by atoms with E-state index in [0.29, 0.717) is 54.1 Å². The van der Waals surface area contributed by atoms with Crippen molar-refractivity contribution < 1.29 is 18.8 Å². The van der Waals surface area contributed by atoms with Crippen LogP contribution in [0.25, 0.3) is 0 Å². The third-order valence-corrected chi connectivity index (χ3v) is 5.55. The Hall–Kier alpha value is -2.51. The van der Waals surface area contributed by atoms with Gasteiger partial charge in [-0.05, 0) is 24.3 Å². The number of carbonyl (C=O) groups is 2. The zero-order chi connectivity index (χ0) is 19.7. The van der Waals surface area contributed by atoms with Crippen LogP contribution in [-0.4, -0.2) is 59.6 Å². The highest BCUT2D eigenvalue weighted by Crippen LogP contribution is 2.26.